The molecule has 0 N–H and O–H groups in total. The molecule has 0 spiro atoms. The van der Waals surface area contributed by atoms with Crippen molar-refractivity contribution in [2.75, 3.05) is 0 Å². The van der Waals surface area contributed by atoms with Gasteiger partial charge in [0.1, 0.15) is 0 Å². The summed E-state index contributed by atoms with van der Waals surface area (Å²) in [5, 5.41) is 4.60. The number of allylic oxidation sites excluding steroid dienone is 1. The highest BCUT2D eigenvalue weighted by Crippen LogP contribution is 2.19. The van der Waals surface area contributed by atoms with Gasteiger partial charge in [-0.1, -0.05) is 48.0 Å². The van der Waals surface area contributed by atoms with Crippen molar-refractivity contribution in [1.29, 1.82) is 0 Å². The number of carbonyl (C=O) groups excluding carboxylic acids is 1. The molecule has 3 nitrogen and oxygen atoms in total. The molecule has 3 aromatic rings. The number of nitrogens with zero attached hydrogens (tertiary/aromatic N) is 2. The molecule has 3 heteroatoms. The van der Waals surface area contributed by atoms with E-state index < -0.39 is 0 Å². The fourth-order valence-electron chi connectivity index (χ4n) is 2.69. The van der Waals surface area contributed by atoms with E-state index >= 15 is 0 Å². The molecule has 0 amide bonds. The van der Waals surface area contributed by atoms with Crippen LogP contribution in [-0.4, -0.2) is 15.6 Å². The number of para-hydroxylation sites is 1. The third-order valence-electron chi connectivity index (χ3n) is 4.09. The summed E-state index contributed by atoms with van der Waals surface area (Å²) >= 11 is 0. The van der Waals surface area contributed by atoms with Gasteiger partial charge in [-0.2, -0.15) is 5.10 Å². The van der Waals surface area contributed by atoms with Crippen molar-refractivity contribution < 1.29 is 4.79 Å². The van der Waals surface area contributed by atoms with Gasteiger partial charge in [0.2, 0.25) is 0 Å². The Labute approximate surface area is 142 Å². The van der Waals surface area contributed by atoms with Crippen LogP contribution in [0.4, 0.5) is 0 Å². The molecule has 0 radical (unpaired) electrons. The van der Waals surface area contributed by atoms with E-state index in [-0.39, 0.29) is 5.78 Å². The van der Waals surface area contributed by atoms with Crippen LogP contribution in [0.3, 0.4) is 0 Å². The van der Waals surface area contributed by atoms with Crippen molar-refractivity contribution >= 4 is 11.9 Å². The Morgan fingerprint density at radius 2 is 1.62 bits per heavy atom. The van der Waals surface area contributed by atoms with Gasteiger partial charge in [0, 0.05) is 16.8 Å². The summed E-state index contributed by atoms with van der Waals surface area (Å²) in [7, 11) is 0. The van der Waals surface area contributed by atoms with E-state index in [9.17, 15) is 4.79 Å². The van der Waals surface area contributed by atoms with E-state index in [0.29, 0.717) is 5.56 Å². The lowest BCUT2D eigenvalue weighted by molar-refractivity contribution is 0.104. The molecular formula is C21H20N2O. The number of benzene rings is 2. The van der Waals surface area contributed by atoms with Gasteiger partial charge in [0.05, 0.1) is 11.4 Å². The molecule has 0 aliphatic heterocycles. The highest BCUT2D eigenvalue weighted by atomic mass is 16.1. The molecule has 0 bridgehead atoms. The van der Waals surface area contributed by atoms with Crippen molar-refractivity contribution in [3.8, 4) is 5.69 Å². The Balaban J connectivity index is 1.89. The zero-order valence-electron chi connectivity index (χ0n) is 14.2. The summed E-state index contributed by atoms with van der Waals surface area (Å²) in [5.74, 6) is 0.00117. The molecule has 24 heavy (non-hydrogen) atoms. The first-order valence-corrected chi connectivity index (χ1v) is 7.97. The smallest absolute Gasteiger partial charge is 0.185 e. The molecule has 2 aromatic carbocycles. The van der Waals surface area contributed by atoms with Crippen LogP contribution < -0.4 is 0 Å². The number of rotatable bonds is 4. The van der Waals surface area contributed by atoms with E-state index in [2.05, 4.69) is 5.10 Å². The summed E-state index contributed by atoms with van der Waals surface area (Å²) in [6.07, 6.45) is 3.48. The highest BCUT2D eigenvalue weighted by Gasteiger charge is 2.11. The number of carbonyl (C=O) groups is 1. The third-order valence-corrected chi connectivity index (χ3v) is 4.09. The SMILES string of the molecule is Cc1ccc(C(=O)/C=C/c2c(C)nn(-c3ccccc3)c2C)cc1. The van der Waals surface area contributed by atoms with Gasteiger partial charge in [-0.15, -0.1) is 0 Å². The van der Waals surface area contributed by atoms with Gasteiger partial charge in [0.25, 0.3) is 0 Å². The van der Waals surface area contributed by atoms with Crippen LogP contribution in [0.15, 0.2) is 60.7 Å². The minimum atomic E-state index is 0.00117. The predicted molar refractivity (Wildman–Crippen MR) is 97.6 cm³/mol. The lowest BCUT2D eigenvalue weighted by Gasteiger charge is -2.03. The van der Waals surface area contributed by atoms with E-state index in [1.54, 1.807) is 6.08 Å². The number of hydrogen-bond acceptors (Lipinski definition) is 2. The monoisotopic (exact) mass is 316 g/mol. The van der Waals surface area contributed by atoms with E-state index in [1.165, 1.54) is 0 Å². The zero-order valence-corrected chi connectivity index (χ0v) is 14.2. The second-order valence-electron chi connectivity index (χ2n) is 5.90. The van der Waals surface area contributed by atoms with Crippen LogP contribution in [0, 0.1) is 20.8 Å². The molecule has 0 saturated carbocycles. The number of ketones is 1. The molecule has 1 heterocycles. The lowest BCUT2D eigenvalue weighted by atomic mass is 10.1. The van der Waals surface area contributed by atoms with Crippen LogP contribution >= 0.6 is 0 Å². The van der Waals surface area contributed by atoms with Gasteiger partial charge in [0.15, 0.2) is 5.78 Å². The molecule has 0 saturated heterocycles. The fraction of sp³-hybridized carbons (Fsp3) is 0.143. The Kier molecular flexibility index (Phi) is 4.43. The first kappa shape index (κ1) is 15.9. The van der Waals surface area contributed by atoms with Crippen LogP contribution in [-0.2, 0) is 0 Å². The maximum atomic E-state index is 12.3. The van der Waals surface area contributed by atoms with Crippen LogP contribution in [0.5, 0.6) is 0 Å². The summed E-state index contributed by atoms with van der Waals surface area (Å²) in [6, 6.07) is 17.6. The second kappa shape index (κ2) is 6.67. The summed E-state index contributed by atoms with van der Waals surface area (Å²) < 4.78 is 1.91. The Hall–Kier alpha value is -2.94. The van der Waals surface area contributed by atoms with Gasteiger partial charge < -0.3 is 0 Å². The van der Waals surface area contributed by atoms with Crippen LogP contribution in [0.2, 0.25) is 0 Å². The Morgan fingerprint density at radius 1 is 0.958 bits per heavy atom. The molecule has 120 valence electrons. The molecular weight excluding hydrogens is 296 g/mol. The van der Waals surface area contributed by atoms with Crippen molar-refractivity contribution in [3.05, 3.63) is 88.8 Å². The van der Waals surface area contributed by atoms with E-state index in [1.807, 2.05) is 86.1 Å². The summed E-state index contributed by atoms with van der Waals surface area (Å²) in [6.45, 7) is 5.99. The topological polar surface area (TPSA) is 34.9 Å². The average molecular weight is 316 g/mol. The van der Waals surface area contributed by atoms with Crippen molar-refractivity contribution in [2.45, 2.75) is 20.8 Å². The maximum absolute atomic E-state index is 12.3. The first-order chi connectivity index (χ1) is 11.6. The standard InChI is InChI=1S/C21H20N2O/c1-15-9-11-18(12-10-15)21(24)14-13-20-16(2)22-23(17(20)3)19-7-5-4-6-8-19/h4-14H,1-3H3/b14-13+. The molecule has 0 aliphatic carbocycles. The molecule has 0 fully saturated rings. The third kappa shape index (κ3) is 3.20. The van der Waals surface area contributed by atoms with E-state index in [4.69, 9.17) is 0 Å². The average Bonchev–Trinajstić information content (AvgIpc) is 2.88. The number of aromatic nitrogens is 2. The van der Waals surface area contributed by atoms with Gasteiger partial charge in [-0.05, 0) is 45.1 Å². The molecule has 0 aliphatic rings. The largest absolute Gasteiger partial charge is 0.289 e. The quantitative estimate of drug-likeness (QED) is 0.517. The molecule has 0 unspecified atom stereocenters. The minimum absolute atomic E-state index is 0.00117. The summed E-state index contributed by atoms with van der Waals surface area (Å²) in [5.41, 5.74) is 5.77. The van der Waals surface area contributed by atoms with Gasteiger partial charge in [-0.25, -0.2) is 4.68 Å². The zero-order chi connectivity index (χ0) is 17.1. The van der Waals surface area contributed by atoms with Crippen molar-refractivity contribution in [3.63, 3.8) is 0 Å². The highest BCUT2D eigenvalue weighted by molar-refractivity contribution is 6.06. The minimum Gasteiger partial charge on any atom is -0.289 e. The van der Waals surface area contributed by atoms with Gasteiger partial charge >= 0.3 is 0 Å². The summed E-state index contributed by atoms with van der Waals surface area (Å²) in [4.78, 5) is 12.3. The van der Waals surface area contributed by atoms with Gasteiger partial charge in [-0.3, -0.25) is 4.79 Å². The first-order valence-electron chi connectivity index (χ1n) is 7.97. The molecule has 0 atom stereocenters. The normalized spacial score (nSPS) is 11.1. The lowest BCUT2D eigenvalue weighted by Crippen LogP contribution is -1.98. The Morgan fingerprint density at radius 3 is 2.29 bits per heavy atom. The van der Waals surface area contributed by atoms with Crippen LogP contribution in [0.1, 0.15) is 32.9 Å². The van der Waals surface area contributed by atoms with Crippen molar-refractivity contribution in [1.82, 2.24) is 9.78 Å². The maximum Gasteiger partial charge on any atom is 0.185 e. The van der Waals surface area contributed by atoms with Crippen LogP contribution in [0.25, 0.3) is 11.8 Å². The van der Waals surface area contributed by atoms with Crippen molar-refractivity contribution in [2.24, 2.45) is 0 Å². The number of hydrogen-bond donors (Lipinski definition) is 0. The fourth-order valence-corrected chi connectivity index (χ4v) is 2.69. The molecule has 1 aromatic heterocycles. The molecule has 3 rings (SSSR count). The van der Waals surface area contributed by atoms with E-state index in [0.717, 1.165) is 28.2 Å². The second-order valence-corrected chi connectivity index (χ2v) is 5.90. The Bertz CT molecular complexity index is 888. The number of aryl methyl sites for hydroxylation is 2. The predicted octanol–water partition coefficient (Wildman–Crippen LogP) is 4.69.